The van der Waals surface area contributed by atoms with E-state index in [9.17, 15) is 4.79 Å². The molecule has 0 bridgehead atoms. The summed E-state index contributed by atoms with van der Waals surface area (Å²) in [5.74, 6) is -1.02. The van der Waals surface area contributed by atoms with Crippen LogP contribution < -0.4 is 5.73 Å². The van der Waals surface area contributed by atoms with Crippen LogP contribution in [-0.2, 0) is 0 Å². The summed E-state index contributed by atoms with van der Waals surface area (Å²) in [7, 11) is 0. The van der Waals surface area contributed by atoms with E-state index in [0.717, 1.165) is 0 Å². The number of benzene rings is 1. The predicted octanol–water partition coefficient (Wildman–Crippen LogP) is 1.61. The molecule has 0 aliphatic heterocycles. The zero-order chi connectivity index (χ0) is 10.3. The van der Waals surface area contributed by atoms with Crippen LogP contribution in [0.5, 0.6) is 0 Å². The Labute approximate surface area is 87.0 Å². The smallest absolute Gasteiger partial charge is 0.336 e. The molecule has 72 valence electrons. The Bertz CT molecular complexity index is 521. The van der Waals surface area contributed by atoms with Crippen molar-refractivity contribution in [3.05, 3.63) is 22.3 Å². The molecule has 0 unspecified atom stereocenters. The molecule has 0 spiro atoms. The maximum absolute atomic E-state index is 10.9. The summed E-state index contributed by atoms with van der Waals surface area (Å²) in [6.07, 6.45) is 0. The minimum absolute atomic E-state index is 0.139. The van der Waals surface area contributed by atoms with Crippen molar-refractivity contribution in [1.29, 1.82) is 0 Å². The third-order valence-corrected chi connectivity index (χ3v) is 2.44. The number of anilines is 1. The summed E-state index contributed by atoms with van der Waals surface area (Å²) in [4.78, 5) is 10.9. The van der Waals surface area contributed by atoms with Crippen LogP contribution in [-0.4, -0.2) is 21.3 Å². The number of carboxylic acid groups (broad SMARTS) is 1. The van der Waals surface area contributed by atoms with E-state index in [1.807, 2.05) is 0 Å². The summed E-state index contributed by atoms with van der Waals surface area (Å²) >= 11 is 3.19. The van der Waals surface area contributed by atoms with E-state index in [0.29, 0.717) is 21.2 Å². The van der Waals surface area contributed by atoms with Crippen LogP contribution in [0.15, 0.2) is 16.7 Å². The fourth-order valence-corrected chi connectivity index (χ4v) is 1.81. The number of aromatic amines is 1. The highest BCUT2D eigenvalue weighted by Crippen LogP contribution is 2.27. The van der Waals surface area contributed by atoms with Crippen LogP contribution in [0.4, 0.5) is 5.69 Å². The van der Waals surface area contributed by atoms with Gasteiger partial charge in [0, 0.05) is 11.1 Å². The molecule has 0 fully saturated rings. The number of carbonyl (C=O) groups is 1. The number of aromatic nitrogens is 2. The molecule has 2 aromatic rings. The Kier molecular flexibility index (Phi) is 1.92. The number of hydrogen-bond acceptors (Lipinski definition) is 3. The molecule has 0 saturated heterocycles. The first kappa shape index (κ1) is 9.01. The van der Waals surface area contributed by atoms with E-state index in [-0.39, 0.29) is 5.56 Å². The molecule has 1 aromatic heterocycles. The van der Waals surface area contributed by atoms with Crippen molar-refractivity contribution in [2.75, 3.05) is 5.73 Å². The van der Waals surface area contributed by atoms with E-state index >= 15 is 0 Å². The molecule has 0 aliphatic carbocycles. The van der Waals surface area contributed by atoms with Crippen LogP contribution in [0.1, 0.15) is 10.4 Å². The average molecular weight is 256 g/mol. The molecule has 5 nitrogen and oxygen atoms in total. The number of carboxylic acids is 1. The second kappa shape index (κ2) is 2.98. The van der Waals surface area contributed by atoms with Crippen molar-refractivity contribution in [3.8, 4) is 0 Å². The van der Waals surface area contributed by atoms with Gasteiger partial charge >= 0.3 is 5.97 Å². The number of nitrogens with one attached hydrogen (secondary N) is 1. The second-order valence-corrected chi connectivity index (χ2v) is 3.60. The Balaban J connectivity index is 2.90. The van der Waals surface area contributed by atoms with Crippen molar-refractivity contribution in [3.63, 3.8) is 0 Å². The molecular weight excluding hydrogens is 250 g/mol. The van der Waals surface area contributed by atoms with Crippen LogP contribution in [0, 0.1) is 0 Å². The van der Waals surface area contributed by atoms with Gasteiger partial charge in [-0.25, -0.2) is 4.79 Å². The fraction of sp³-hybridized carbons (Fsp3) is 0. The first-order valence-electron chi connectivity index (χ1n) is 3.76. The molecule has 1 aromatic carbocycles. The predicted molar refractivity (Wildman–Crippen MR) is 55.2 cm³/mol. The van der Waals surface area contributed by atoms with Gasteiger partial charge in [-0.2, -0.15) is 5.10 Å². The van der Waals surface area contributed by atoms with Gasteiger partial charge in [-0.3, -0.25) is 5.10 Å². The van der Waals surface area contributed by atoms with Crippen molar-refractivity contribution >= 4 is 38.5 Å². The lowest BCUT2D eigenvalue weighted by Crippen LogP contribution is -1.99. The zero-order valence-electron chi connectivity index (χ0n) is 6.91. The number of hydrogen-bond donors (Lipinski definition) is 3. The molecule has 0 aliphatic rings. The highest BCUT2D eigenvalue weighted by molar-refractivity contribution is 9.10. The third kappa shape index (κ3) is 1.24. The second-order valence-electron chi connectivity index (χ2n) is 2.81. The highest BCUT2D eigenvalue weighted by Gasteiger charge is 2.14. The molecule has 0 radical (unpaired) electrons. The first-order valence-corrected chi connectivity index (χ1v) is 4.55. The first-order chi connectivity index (χ1) is 6.59. The number of nitrogens with zero attached hydrogens (tertiary/aromatic N) is 1. The van der Waals surface area contributed by atoms with Crippen LogP contribution in [0.25, 0.3) is 10.9 Å². The summed E-state index contributed by atoms with van der Waals surface area (Å²) in [6.45, 7) is 0. The van der Waals surface area contributed by atoms with Crippen LogP contribution >= 0.6 is 15.9 Å². The lowest BCUT2D eigenvalue weighted by Gasteiger charge is -1.99. The molecule has 0 saturated carbocycles. The number of halogens is 1. The molecule has 14 heavy (non-hydrogen) atoms. The Morgan fingerprint density at radius 3 is 2.93 bits per heavy atom. The van der Waals surface area contributed by atoms with E-state index in [4.69, 9.17) is 10.8 Å². The van der Waals surface area contributed by atoms with Gasteiger partial charge in [0.2, 0.25) is 0 Å². The quantitative estimate of drug-likeness (QED) is 0.676. The number of fused-ring (bicyclic) bond motifs is 1. The molecule has 0 amide bonds. The minimum Gasteiger partial charge on any atom is -0.478 e. The fourth-order valence-electron chi connectivity index (χ4n) is 1.30. The number of aromatic carboxylic acids is 1. The molecule has 4 N–H and O–H groups in total. The monoisotopic (exact) mass is 255 g/mol. The number of rotatable bonds is 1. The van der Waals surface area contributed by atoms with Crippen molar-refractivity contribution in [1.82, 2.24) is 10.2 Å². The largest absolute Gasteiger partial charge is 0.478 e. The van der Waals surface area contributed by atoms with Crippen LogP contribution in [0.3, 0.4) is 0 Å². The van der Waals surface area contributed by atoms with Gasteiger partial charge in [0.05, 0.1) is 11.1 Å². The minimum atomic E-state index is -1.02. The van der Waals surface area contributed by atoms with E-state index in [2.05, 4.69) is 26.1 Å². The average Bonchev–Trinajstić information content (AvgIpc) is 2.46. The van der Waals surface area contributed by atoms with Crippen molar-refractivity contribution in [2.24, 2.45) is 0 Å². The van der Waals surface area contributed by atoms with Gasteiger partial charge in [0.25, 0.3) is 0 Å². The lowest BCUT2D eigenvalue weighted by atomic mass is 10.1. The molecule has 2 rings (SSSR count). The van der Waals surface area contributed by atoms with Gasteiger partial charge in [0.15, 0.2) is 0 Å². The molecule has 6 heteroatoms. The van der Waals surface area contributed by atoms with Gasteiger partial charge in [-0.05, 0) is 28.1 Å². The van der Waals surface area contributed by atoms with E-state index in [1.54, 1.807) is 6.07 Å². The topological polar surface area (TPSA) is 92.0 Å². The Hall–Kier alpha value is -1.56. The zero-order valence-corrected chi connectivity index (χ0v) is 8.50. The summed E-state index contributed by atoms with van der Waals surface area (Å²) in [6, 6.07) is 3.02. The number of nitrogen functional groups attached to an aromatic ring is 1. The molecule has 0 atom stereocenters. The molecular formula is C8H6BrN3O2. The van der Waals surface area contributed by atoms with Gasteiger partial charge in [0.1, 0.15) is 4.60 Å². The maximum Gasteiger partial charge on any atom is 0.336 e. The van der Waals surface area contributed by atoms with Crippen LogP contribution in [0.2, 0.25) is 0 Å². The van der Waals surface area contributed by atoms with E-state index < -0.39 is 5.97 Å². The SMILES string of the molecule is Nc1cc(C(=O)O)c2c(Br)[nH]nc2c1. The van der Waals surface area contributed by atoms with E-state index in [1.165, 1.54) is 6.07 Å². The number of nitrogens with two attached hydrogens (primary N) is 1. The van der Waals surface area contributed by atoms with Gasteiger partial charge in [-0.15, -0.1) is 0 Å². The lowest BCUT2D eigenvalue weighted by molar-refractivity contribution is 0.0699. The summed E-state index contributed by atoms with van der Waals surface area (Å²) in [5.41, 5.74) is 6.60. The standard InChI is InChI=1S/C8H6BrN3O2/c9-7-6-4(8(13)14)1-3(10)2-5(6)11-12-7/h1-2H,10H2,(H,11,12)(H,13,14). The molecule has 1 heterocycles. The Morgan fingerprint density at radius 2 is 2.29 bits per heavy atom. The van der Waals surface area contributed by atoms with Gasteiger partial charge in [-0.1, -0.05) is 0 Å². The highest BCUT2D eigenvalue weighted by atomic mass is 79.9. The van der Waals surface area contributed by atoms with Crippen molar-refractivity contribution in [2.45, 2.75) is 0 Å². The third-order valence-electron chi connectivity index (χ3n) is 1.86. The summed E-state index contributed by atoms with van der Waals surface area (Å²) in [5, 5.41) is 16.0. The Morgan fingerprint density at radius 1 is 1.57 bits per heavy atom. The van der Waals surface area contributed by atoms with Crippen molar-refractivity contribution < 1.29 is 9.90 Å². The normalized spacial score (nSPS) is 10.6. The number of H-pyrrole nitrogens is 1. The summed E-state index contributed by atoms with van der Waals surface area (Å²) < 4.78 is 0.546. The van der Waals surface area contributed by atoms with Gasteiger partial charge < -0.3 is 10.8 Å². The maximum atomic E-state index is 10.9.